The number of piperidine rings is 1. The molecule has 4 aromatic rings. The van der Waals surface area contributed by atoms with E-state index in [0.717, 1.165) is 42.4 Å². The van der Waals surface area contributed by atoms with Crippen LogP contribution in [0.15, 0.2) is 71.3 Å². The van der Waals surface area contributed by atoms with E-state index >= 15 is 0 Å². The smallest absolute Gasteiger partial charge is 0.257 e. The third kappa shape index (κ3) is 4.38. The van der Waals surface area contributed by atoms with Crippen molar-refractivity contribution in [1.29, 1.82) is 0 Å². The number of fused-ring (bicyclic) bond motifs is 1. The summed E-state index contributed by atoms with van der Waals surface area (Å²) in [7, 11) is 0. The standard InChI is InChI=1S/C25H23FN4O2/c26-20-10-8-19(9-11-20)25-28-23(29-32-25)16-30-14-12-18(13-15-30)24(31)27-22-7-3-5-17-4-1-2-6-21(17)22/h1-11,18H,12-16H2,(H,27,31). The minimum atomic E-state index is -0.305. The van der Waals surface area contributed by atoms with Crippen LogP contribution in [0.3, 0.4) is 0 Å². The molecule has 0 spiro atoms. The summed E-state index contributed by atoms with van der Waals surface area (Å²) in [5.74, 6) is 0.706. The van der Waals surface area contributed by atoms with Crippen LogP contribution in [0.1, 0.15) is 18.7 Å². The second kappa shape index (κ2) is 8.88. The zero-order chi connectivity index (χ0) is 21.9. The van der Waals surface area contributed by atoms with E-state index in [2.05, 4.69) is 20.4 Å². The molecule has 1 amide bonds. The predicted octanol–water partition coefficient (Wildman–Crippen LogP) is 4.88. The van der Waals surface area contributed by atoms with E-state index in [1.54, 1.807) is 12.1 Å². The predicted molar refractivity (Wildman–Crippen MR) is 120 cm³/mol. The minimum Gasteiger partial charge on any atom is -0.334 e. The molecular weight excluding hydrogens is 407 g/mol. The SMILES string of the molecule is O=C(Nc1cccc2ccccc12)C1CCN(Cc2noc(-c3ccc(F)cc3)n2)CC1. The first-order valence-corrected chi connectivity index (χ1v) is 10.8. The van der Waals surface area contributed by atoms with Gasteiger partial charge in [0, 0.05) is 22.6 Å². The molecule has 0 saturated carbocycles. The molecule has 162 valence electrons. The number of likely N-dealkylation sites (tertiary alicyclic amines) is 1. The molecule has 5 rings (SSSR count). The van der Waals surface area contributed by atoms with Gasteiger partial charge in [-0.05, 0) is 61.6 Å². The number of carbonyl (C=O) groups is 1. The molecular formula is C25H23FN4O2. The van der Waals surface area contributed by atoms with Crippen molar-refractivity contribution >= 4 is 22.4 Å². The highest BCUT2D eigenvalue weighted by molar-refractivity contribution is 6.02. The first-order valence-electron chi connectivity index (χ1n) is 10.8. The maximum absolute atomic E-state index is 13.1. The number of amides is 1. The number of nitrogens with zero attached hydrogens (tertiary/aromatic N) is 3. The van der Waals surface area contributed by atoms with Crippen molar-refractivity contribution in [2.24, 2.45) is 5.92 Å². The number of aromatic nitrogens is 2. The molecule has 0 radical (unpaired) electrons. The summed E-state index contributed by atoms with van der Waals surface area (Å²) < 4.78 is 18.4. The first-order chi connectivity index (χ1) is 15.7. The summed E-state index contributed by atoms with van der Waals surface area (Å²) in [5.41, 5.74) is 1.55. The molecule has 1 saturated heterocycles. The molecule has 1 aromatic heterocycles. The molecule has 1 fully saturated rings. The van der Waals surface area contributed by atoms with Crippen LogP contribution < -0.4 is 5.32 Å². The van der Waals surface area contributed by atoms with Gasteiger partial charge in [-0.3, -0.25) is 9.69 Å². The largest absolute Gasteiger partial charge is 0.334 e. The second-order valence-corrected chi connectivity index (χ2v) is 8.09. The minimum absolute atomic E-state index is 0.0229. The summed E-state index contributed by atoms with van der Waals surface area (Å²) in [4.78, 5) is 19.5. The lowest BCUT2D eigenvalue weighted by Crippen LogP contribution is -2.38. The topological polar surface area (TPSA) is 71.3 Å². The van der Waals surface area contributed by atoms with Gasteiger partial charge in [0.15, 0.2) is 5.82 Å². The highest BCUT2D eigenvalue weighted by Gasteiger charge is 2.26. The average molecular weight is 430 g/mol. The van der Waals surface area contributed by atoms with Crippen LogP contribution in [-0.2, 0) is 11.3 Å². The van der Waals surface area contributed by atoms with Gasteiger partial charge in [-0.25, -0.2) is 4.39 Å². The summed E-state index contributed by atoms with van der Waals surface area (Å²) in [6.45, 7) is 2.13. The molecule has 1 aliphatic rings. The molecule has 1 aliphatic heterocycles. The second-order valence-electron chi connectivity index (χ2n) is 8.09. The Hall–Kier alpha value is -3.58. The third-order valence-corrected chi connectivity index (χ3v) is 5.93. The molecule has 6 nitrogen and oxygen atoms in total. The van der Waals surface area contributed by atoms with E-state index in [1.807, 2.05) is 42.5 Å². The Morgan fingerprint density at radius 3 is 2.59 bits per heavy atom. The zero-order valence-electron chi connectivity index (χ0n) is 17.5. The van der Waals surface area contributed by atoms with Crippen LogP contribution in [0.2, 0.25) is 0 Å². The fourth-order valence-corrected chi connectivity index (χ4v) is 4.15. The van der Waals surface area contributed by atoms with Crippen molar-refractivity contribution in [1.82, 2.24) is 15.0 Å². The molecule has 0 atom stereocenters. The number of carbonyl (C=O) groups excluding carboxylic acids is 1. The van der Waals surface area contributed by atoms with Gasteiger partial charge in [0.05, 0.1) is 6.54 Å². The van der Waals surface area contributed by atoms with E-state index in [9.17, 15) is 9.18 Å². The van der Waals surface area contributed by atoms with Gasteiger partial charge in [-0.2, -0.15) is 4.98 Å². The van der Waals surface area contributed by atoms with Crippen molar-refractivity contribution in [3.05, 3.63) is 78.4 Å². The van der Waals surface area contributed by atoms with Crippen LogP contribution in [0.25, 0.3) is 22.2 Å². The van der Waals surface area contributed by atoms with Gasteiger partial charge in [0.25, 0.3) is 5.89 Å². The lowest BCUT2D eigenvalue weighted by atomic mass is 9.95. The van der Waals surface area contributed by atoms with Gasteiger partial charge in [-0.1, -0.05) is 41.6 Å². The van der Waals surface area contributed by atoms with E-state index in [4.69, 9.17) is 4.52 Å². The van der Waals surface area contributed by atoms with Gasteiger partial charge in [-0.15, -0.1) is 0 Å². The molecule has 0 unspecified atom stereocenters. The summed E-state index contributed by atoms with van der Waals surface area (Å²) in [6.07, 6.45) is 1.55. The van der Waals surface area contributed by atoms with Gasteiger partial charge < -0.3 is 9.84 Å². The fourth-order valence-electron chi connectivity index (χ4n) is 4.15. The van der Waals surface area contributed by atoms with Crippen LogP contribution in [0.5, 0.6) is 0 Å². The Labute approximate surface area is 185 Å². The van der Waals surface area contributed by atoms with Crippen molar-refractivity contribution < 1.29 is 13.7 Å². The number of rotatable bonds is 5. The number of nitrogens with one attached hydrogen (secondary N) is 1. The van der Waals surface area contributed by atoms with E-state index in [-0.39, 0.29) is 17.6 Å². The third-order valence-electron chi connectivity index (χ3n) is 5.93. The van der Waals surface area contributed by atoms with Crippen molar-refractivity contribution in [3.63, 3.8) is 0 Å². The number of halogens is 1. The normalized spacial score (nSPS) is 15.2. The molecule has 32 heavy (non-hydrogen) atoms. The number of benzene rings is 3. The number of anilines is 1. The maximum Gasteiger partial charge on any atom is 0.257 e. The van der Waals surface area contributed by atoms with Gasteiger partial charge >= 0.3 is 0 Å². The average Bonchev–Trinajstić information content (AvgIpc) is 3.29. The number of hydrogen-bond acceptors (Lipinski definition) is 5. The first kappa shape index (κ1) is 20.3. The van der Waals surface area contributed by atoms with E-state index in [1.165, 1.54) is 12.1 Å². The summed E-state index contributed by atoms with van der Waals surface area (Å²) in [6, 6.07) is 20.0. The molecule has 0 aliphatic carbocycles. The lowest BCUT2D eigenvalue weighted by Gasteiger charge is -2.30. The van der Waals surface area contributed by atoms with Crippen LogP contribution >= 0.6 is 0 Å². The van der Waals surface area contributed by atoms with Crippen LogP contribution in [0, 0.1) is 11.7 Å². The van der Waals surface area contributed by atoms with Gasteiger partial charge in [0.2, 0.25) is 5.91 Å². The Bertz CT molecular complexity index is 1220. The van der Waals surface area contributed by atoms with Gasteiger partial charge in [0.1, 0.15) is 5.82 Å². The summed E-state index contributed by atoms with van der Waals surface area (Å²) in [5, 5.41) is 9.33. The molecule has 0 bridgehead atoms. The van der Waals surface area contributed by atoms with Crippen LogP contribution in [-0.4, -0.2) is 34.0 Å². The molecule has 2 heterocycles. The highest BCUT2D eigenvalue weighted by atomic mass is 19.1. The monoisotopic (exact) mass is 430 g/mol. The van der Waals surface area contributed by atoms with Crippen molar-refractivity contribution in [2.45, 2.75) is 19.4 Å². The Morgan fingerprint density at radius 1 is 1.03 bits per heavy atom. The Kier molecular flexibility index (Phi) is 5.64. The maximum atomic E-state index is 13.1. The Balaban J connectivity index is 1.17. The Morgan fingerprint density at radius 2 is 1.78 bits per heavy atom. The fraction of sp³-hybridized carbons (Fsp3) is 0.240. The van der Waals surface area contributed by atoms with Crippen molar-refractivity contribution in [3.8, 4) is 11.5 Å². The van der Waals surface area contributed by atoms with E-state index in [0.29, 0.717) is 23.8 Å². The quantitative estimate of drug-likeness (QED) is 0.489. The van der Waals surface area contributed by atoms with E-state index < -0.39 is 0 Å². The summed E-state index contributed by atoms with van der Waals surface area (Å²) >= 11 is 0. The lowest BCUT2D eigenvalue weighted by molar-refractivity contribution is -0.121. The highest BCUT2D eigenvalue weighted by Crippen LogP contribution is 2.26. The molecule has 1 N–H and O–H groups in total. The number of hydrogen-bond donors (Lipinski definition) is 1. The zero-order valence-corrected chi connectivity index (χ0v) is 17.5. The van der Waals surface area contributed by atoms with Crippen molar-refractivity contribution in [2.75, 3.05) is 18.4 Å². The van der Waals surface area contributed by atoms with Crippen LogP contribution in [0.4, 0.5) is 10.1 Å². The molecule has 7 heteroatoms. The molecule has 3 aromatic carbocycles.